The zero-order valence-corrected chi connectivity index (χ0v) is 37.7. The molecule has 0 spiro atoms. The third kappa shape index (κ3) is 8.41. The Morgan fingerprint density at radius 2 is 1.32 bits per heavy atom. The number of rotatable bonds is 13. The second-order valence-corrected chi connectivity index (χ2v) is 17.4. The second-order valence-electron chi connectivity index (χ2n) is 17.4. The Morgan fingerprint density at radius 1 is 0.758 bits per heavy atom. The first-order chi connectivity index (χ1) is 32.0. The molecule has 18 heteroatoms. The maximum Gasteiger partial charge on any atom is 0.407 e. The normalized spacial score (nSPS) is 20.6. The Morgan fingerprint density at radius 3 is 1.88 bits per heavy atom. The fourth-order valence-electron chi connectivity index (χ4n) is 9.78. The number of nitrogens with one attached hydrogen (secondary N) is 4. The summed E-state index contributed by atoms with van der Waals surface area (Å²) in [5.74, 6) is 2.43. The van der Waals surface area contributed by atoms with Crippen molar-refractivity contribution >= 4 is 24.0 Å². The van der Waals surface area contributed by atoms with Crippen molar-refractivity contribution in [2.75, 3.05) is 48.1 Å². The summed E-state index contributed by atoms with van der Waals surface area (Å²) in [6.45, 7) is 5.81. The summed E-state index contributed by atoms with van der Waals surface area (Å²) in [7, 11) is 5.65. The van der Waals surface area contributed by atoms with E-state index in [0.717, 1.165) is 56.3 Å². The number of benzene rings is 3. The van der Waals surface area contributed by atoms with Crippen LogP contribution in [0.15, 0.2) is 67.0 Å². The number of likely N-dealkylation sites (tertiary alicyclic amines) is 2. The van der Waals surface area contributed by atoms with Crippen LogP contribution < -0.4 is 20.1 Å². The van der Waals surface area contributed by atoms with Gasteiger partial charge < -0.3 is 58.8 Å². The molecule has 4 N–H and O–H groups in total. The molecule has 0 aliphatic carbocycles. The number of carbonyl (C=O) groups excluding carboxylic acids is 4. The van der Waals surface area contributed by atoms with Crippen molar-refractivity contribution < 1.29 is 47.6 Å². The summed E-state index contributed by atoms with van der Waals surface area (Å²) in [6, 6.07) is 14.7. The van der Waals surface area contributed by atoms with Gasteiger partial charge in [0.25, 0.3) is 5.91 Å². The van der Waals surface area contributed by atoms with Crippen molar-refractivity contribution in [3.05, 3.63) is 95.3 Å². The van der Waals surface area contributed by atoms with E-state index in [1.54, 1.807) is 36.2 Å². The van der Waals surface area contributed by atoms with Gasteiger partial charge >= 0.3 is 12.2 Å². The van der Waals surface area contributed by atoms with E-state index in [9.17, 15) is 19.2 Å². The van der Waals surface area contributed by atoms with Crippen LogP contribution in [-0.4, -0.2) is 114 Å². The minimum atomic E-state index is -0.978. The lowest BCUT2D eigenvalue weighted by molar-refractivity contribution is -0.138. The molecule has 18 nitrogen and oxygen atoms in total. The Balaban J connectivity index is 0.958. The zero-order chi connectivity index (χ0) is 46.2. The predicted molar refractivity (Wildman–Crippen MR) is 239 cm³/mol. The highest BCUT2D eigenvalue weighted by Crippen LogP contribution is 2.51. The van der Waals surface area contributed by atoms with E-state index in [1.165, 1.54) is 21.3 Å². The molecule has 0 saturated carbocycles. The van der Waals surface area contributed by atoms with Gasteiger partial charge in [-0.05, 0) is 55.5 Å². The van der Waals surface area contributed by atoms with Crippen LogP contribution in [0.5, 0.6) is 11.5 Å². The van der Waals surface area contributed by atoms with E-state index in [-0.39, 0.29) is 29.7 Å². The highest BCUT2D eigenvalue weighted by Gasteiger charge is 2.43. The fraction of sp³-hybridized carbons (Fsp3) is 0.417. The van der Waals surface area contributed by atoms with Gasteiger partial charge in [-0.3, -0.25) is 9.59 Å². The van der Waals surface area contributed by atoms with Crippen molar-refractivity contribution in [1.29, 1.82) is 0 Å². The number of hydrogen-bond donors (Lipinski definition) is 4. The molecule has 3 aromatic carbocycles. The summed E-state index contributed by atoms with van der Waals surface area (Å²) in [5.41, 5.74) is 7.79. The Hall–Kier alpha value is -6.92. The van der Waals surface area contributed by atoms with Gasteiger partial charge in [-0.15, -0.1) is 0 Å². The average Bonchev–Trinajstić information content (AvgIpc) is 4.18. The number of hydrogen-bond acceptors (Lipinski definition) is 12. The lowest BCUT2D eigenvalue weighted by Crippen LogP contribution is -2.54. The molecule has 2 fully saturated rings. The SMILES string of the molecule is COC[C@H]1C[C@@H](c2ncc(-c3cc4c5c(c3)OCc3cc(-c6cnc([C@@H]7C[C@H](C)CN7C(=O)[C@H](NC(=O)OC)c7ccccc7)[nH]6)cc(c3-5)OC4)[nH]2)N(C(=O)[C@@H](NC(=O)OC)[C@@H](C)OC)C1. The van der Waals surface area contributed by atoms with Gasteiger partial charge in [-0.25, -0.2) is 19.6 Å². The number of carbonyl (C=O) groups is 4. The Kier molecular flexibility index (Phi) is 12.4. The van der Waals surface area contributed by atoms with E-state index in [4.69, 9.17) is 38.4 Å². The average molecular weight is 903 g/mol. The smallest absolute Gasteiger partial charge is 0.407 e. The first-order valence-electron chi connectivity index (χ1n) is 22.0. The molecule has 4 aliphatic heterocycles. The molecule has 2 saturated heterocycles. The van der Waals surface area contributed by atoms with Gasteiger partial charge in [0.2, 0.25) is 5.91 Å². The van der Waals surface area contributed by atoms with Gasteiger partial charge in [-0.1, -0.05) is 37.3 Å². The third-order valence-electron chi connectivity index (χ3n) is 13.1. The van der Waals surface area contributed by atoms with E-state index in [1.807, 2.05) is 42.5 Å². The number of nitrogens with zero attached hydrogens (tertiary/aromatic N) is 4. The summed E-state index contributed by atoms with van der Waals surface area (Å²) < 4.78 is 33.6. The molecule has 4 amide bonds. The van der Waals surface area contributed by atoms with E-state index < -0.39 is 36.4 Å². The summed E-state index contributed by atoms with van der Waals surface area (Å²) in [6.07, 6.45) is 2.81. The summed E-state index contributed by atoms with van der Waals surface area (Å²) in [4.78, 5) is 73.0. The van der Waals surface area contributed by atoms with Crippen LogP contribution >= 0.6 is 0 Å². The Labute approximate surface area is 381 Å². The lowest BCUT2D eigenvalue weighted by Gasteiger charge is -2.30. The number of H-pyrrole nitrogens is 2. The van der Waals surface area contributed by atoms with Gasteiger partial charge in [0, 0.05) is 66.6 Å². The van der Waals surface area contributed by atoms with E-state index in [2.05, 4.69) is 39.7 Å². The number of amides is 4. The molecule has 0 bridgehead atoms. The molecule has 7 atom stereocenters. The number of alkyl carbamates (subject to hydrolysis) is 2. The first kappa shape index (κ1) is 44.3. The highest BCUT2D eigenvalue weighted by molar-refractivity contribution is 5.90. The molecule has 4 aliphatic rings. The quantitative estimate of drug-likeness (QED) is 0.104. The molecule has 6 heterocycles. The van der Waals surface area contributed by atoms with Gasteiger partial charge in [0.05, 0.1) is 62.8 Å². The lowest BCUT2D eigenvalue weighted by atomic mass is 9.87. The standard InChI is InChI=1S/C48H54N8O10/c1-25-12-35(55(20-25)46(58)42(54-48(60)64-6)28-10-8-7-9-11-28)43-49-18-33(51-43)29-14-31-23-66-38-17-30(15-32-24-65-37(16-29)39(31)40(32)38)34-19-50-44(52-34)36-13-27(22-61-3)21-56(36)45(57)41(26(2)62-4)53-47(59)63-5/h7-11,14-19,25-27,35-36,41-42H,12-13,20-24H2,1-6H3,(H,49,51)(H,50,52)(H,53,59)(H,54,60)/t25-,26+,27-,35-,36-,41-,42+/m0/s1. The predicted octanol–water partition coefficient (Wildman–Crippen LogP) is 6.22. The Bertz CT molecular complexity index is 2580. The van der Waals surface area contributed by atoms with Crippen LogP contribution in [0.4, 0.5) is 9.59 Å². The first-order valence-corrected chi connectivity index (χ1v) is 22.0. The topological polar surface area (TPSA) is 212 Å². The van der Waals surface area contributed by atoms with Crippen molar-refractivity contribution in [2.24, 2.45) is 11.8 Å². The van der Waals surface area contributed by atoms with Crippen LogP contribution in [0.2, 0.25) is 0 Å². The van der Waals surface area contributed by atoms with Crippen molar-refractivity contribution in [3.63, 3.8) is 0 Å². The van der Waals surface area contributed by atoms with Crippen LogP contribution in [-0.2, 0) is 41.8 Å². The maximum absolute atomic E-state index is 14.2. The largest absolute Gasteiger partial charge is 0.488 e. The number of aromatic amines is 2. The highest BCUT2D eigenvalue weighted by atomic mass is 16.5. The molecule has 66 heavy (non-hydrogen) atoms. The molecule has 9 rings (SSSR count). The number of methoxy groups -OCH3 is 4. The van der Waals surface area contributed by atoms with Gasteiger partial charge in [0.15, 0.2) is 0 Å². The van der Waals surface area contributed by atoms with E-state index >= 15 is 0 Å². The number of ether oxygens (including phenoxy) is 6. The third-order valence-corrected chi connectivity index (χ3v) is 13.1. The summed E-state index contributed by atoms with van der Waals surface area (Å²) in [5, 5.41) is 5.38. The molecular weight excluding hydrogens is 849 g/mol. The van der Waals surface area contributed by atoms with Crippen LogP contribution in [0.3, 0.4) is 0 Å². The van der Waals surface area contributed by atoms with Gasteiger partial charge in [0.1, 0.15) is 48.4 Å². The van der Waals surface area contributed by atoms with Gasteiger partial charge in [-0.2, -0.15) is 0 Å². The molecule has 0 radical (unpaired) electrons. The minimum absolute atomic E-state index is 0.0478. The van der Waals surface area contributed by atoms with Crippen LogP contribution in [0, 0.1) is 11.8 Å². The summed E-state index contributed by atoms with van der Waals surface area (Å²) >= 11 is 0. The maximum atomic E-state index is 14.2. The zero-order valence-electron chi connectivity index (χ0n) is 37.7. The molecule has 2 aromatic heterocycles. The van der Waals surface area contributed by atoms with Crippen molar-refractivity contribution in [2.45, 2.75) is 70.2 Å². The monoisotopic (exact) mass is 902 g/mol. The molecule has 346 valence electrons. The molecule has 5 aromatic rings. The van der Waals surface area contributed by atoms with E-state index in [0.29, 0.717) is 63.0 Å². The second kappa shape index (κ2) is 18.5. The van der Waals surface area contributed by atoms with Crippen molar-refractivity contribution in [3.8, 4) is 45.1 Å². The van der Waals surface area contributed by atoms with Crippen LogP contribution in [0.25, 0.3) is 33.6 Å². The van der Waals surface area contributed by atoms with Crippen LogP contribution in [0.1, 0.15) is 73.2 Å². The minimum Gasteiger partial charge on any atom is -0.488 e. The number of imidazole rings is 2. The molecule has 0 unspecified atom stereocenters. The van der Waals surface area contributed by atoms with Crippen molar-refractivity contribution in [1.82, 2.24) is 40.4 Å². The molecular formula is C48H54N8O10. The number of aromatic nitrogens is 4. The fourth-order valence-corrected chi connectivity index (χ4v) is 9.78.